The Bertz CT molecular complexity index is 837. The Morgan fingerprint density at radius 3 is 2.57 bits per heavy atom. The monoisotopic (exact) mass is 338 g/mol. The normalized spacial score (nSPS) is 11.1. The molecule has 0 aromatic heterocycles. The molecule has 3 N–H and O–H groups in total. The summed E-state index contributed by atoms with van der Waals surface area (Å²) < 4.78 is 41.0. The average molecular weight is 338 g/mol. The molecule has 0 heterocycles. The van der Waals surface area contributed by atoms with Crippen LogP contribution in [0, 0.1) is 5.82 Å². The summed E-state index contributed by atoms with van der Waals surface area (Å²) in [4.78, 5) is 11.6. The summed E-state index contributed by atoms with van der Waals surface area (Å²) in [6, 6.07) is 9.93. The number of carbonyl (C=O) groups excluding carboxylic acids is 1. The largest absolute Gasteiger partial charge is 0.465 e. The molecule has 0 amide bonds. The summed E-state index contributed by atoms with van der Waals surface area (Å²) in [5.74, 6) is -1.12. The summed E-state index contributed by atoms with van der Waals surface area (Å²) in [5.41, 5.74) is 0.710. The minimum absolute atomic E-state index is 0.00429. The highest BCUT2D eigenvalue weighted by molar-refractivity contribution is 7.89. The smallest absolute Gasteiger partial charge is 0.340 e. The average Bonchev–Trinajstić information content (AvgIpc) is 2.52. The molecule has 0 fully saturated rings. The molecule has 0 atom stereocenters. The van der Waals surface area contributed by atoms with Gasteiger partial charge in [0, 0.05) is 17.8 Å². The van der Waals surface area contributed by atoms with Crippen molar-refractivity contribution in [1.29, 1.82) is 0 Å². The predicted molar refractivity (Wildman–Crippen MR) is 82.9 cm³/mol. The number of benzene rings is 2. The number of halogens is 1. The van der Waals surface area contributed by atoms with Crippen molar-refractivity contribution in [2.75, 3.05) is 12.4 Å². The number of methoxy groups -OCH3 is 1. The summed E-state index contributed by atoms with van der Waals surface area (Å²) in [7, 11) is -2.78. The molecule has 8 heteroatoms. The van der Waals surface area contributed by atoms with Gasteiger partial charge in [-0.3, -0.25) is 0 Å². The molecule has 2 aromatic rings. The lowest BCUT2D eigenvalue weighted by Gasteiger charge is -2.12. The van der Waals surface area contributed by atoms with Crippen LogP contribution in [0.5, 0.6) is 0 Å². The molecule has 2 aromatic carbocycles. The van der Waals surface area contributed by atoms with Crippen LogP contribution in [0.3, 0.4) is 0 Å². The number of nitrogens with one attached hydrogen (secondary N) is 1. The lowest BCUT2D eigenvalue weighted by molar-refractivity contribution is 0.0601. The first kappa shape index (κ1) is 16.9. The van der Waals surface area contributed by atoms with Gasteiger partial charge in [0.1, 0.15) is 5.82 Å². The zero-order chi connectivity index (χ0) is 17.0. The van der Waals surface area contributed by atoms with Crippen molar-refractivity contribution >= 4 is 21.7 Å². The molecular formula is C15H15FN2O4S. The summed E-state index contributed by atoms with van der Waals surface area (Å²) in [6.07, 6.45) is 0. The second-order valence-corrected chi connectivity index (χ2v) is 6.25. The van der Waals surface area contributed by atoms with E-state index in [-0.39, 0.29) is 22.8 Å². The molecule has 122 valence electrons. The Morgan fingerprint density at radius 2 is 1.96 bits per heavy atom. The van der Waals surface area contributed by atoms with Gasteiger partial charge in [0.05, 0.1) is 17.6 Å². The number of primary sulfonamides is 1. The van der Waals surface area contributed by atoms with E-state index in [1.165, 1.54) is 25.3 Å². The van der Waals surface area contributed by atoms with Crippen LogP contribution in [-0.4, -0.2) is 21.5 Å². The van der Waals surface area contributed by atoms with Crippen LogP contribution in [0.2, 0.25) is 0 Å². The van der Waals surface area contributed by atoms with Gasteiger partial charge in [0.25, 0.3) is 0 Å². The third-order valence-corrected chi connectivity index (χ3v) is 4.06. The fraction of sp³-hybridized carbons (Fsp3) is 0.133. The molecule has 0 aliphatic carbocycles. The summed E-state index contributed by atoms with van der Waals surface area (Å²) in [5, 5.41) is 7.94. The zero-order valence-corrected chi connectivity index (χ0v) is 13.1. The van der Waals surface area contributed by atoms with E-state index < -0.39 is 16.0 Å². The molecule has 0 radical (unpaired) electrons. The molecule has 0 bridgehead atoms. The number of carbonyl (C=O) groups is 1. The maximum absolute atomic E-state index is 13.6. The molecule has 23 heavy (non-hydrogen) atoms. The maximum Gasteiger partial charge on any atom is 0.340 e. The van der Waals surface area contributed by atoms with Crippen molar-refractivity contribution in [1.82, 2.24) is 0 Å². The molecule has 0 unspecified atom stereocenters. The van der Waals surface area contributed by atoms with E-state index in [1.807, 2.05) is 0 Å². The van der Waals surface area contributed by atoms with E-state index in [2.05, 4.69) is 10.1 Å². The van der Waals surface area contributed by atoms with Gasteiger partial charge in [0.15, 0.2) is 0 Å². The van der Waals surface area contributed by atoms with Crippen LogP contribution >= 0.6 is 0 Å². The number of nitrogens with two attached hydrogens (primary N) is 1. The molecule has 0 aliphatic heterocycles. The molecule has 6 nitrogen and oxygen atoms in total. The fourth-order valence-corrected chi connectivity index (χ4v) is 2.51. The zero-order valence-electron chi connectivity index (χ0n) is 12.2. The lowest BCUT2D eigenvalue weighted by Crippen LogP contribution is -2.15. The van der Waals surface area contributed by atoms with E-state index in [0.717, 1.165) is 6.07 Å². The van der Waals surface area contributed by atoms with Crippen LogP contribution in [0.15, 0.2) is 47.4 Å². The van der Waals surface area contributed by atoms with Crippen molar-refractivity contribution in [3.8, 4) is 0 Å². The van der Waals surface area contributed by atoms with Crippen molar-refractivity contribution in [2.24, 2.45) is 5.14 Å². The fourth-order valence-electron chi connectivity index (χ4n) is 1.97. The van der Waals surface area contributed by atoms with Gasteiger partial charge in [-0.2, -0.15) is 0 Å². The van der Waals surface area contributed by atoms with Crippen LogP contribution in [0.1, 0.15) is 15.9 Å². The number of ether oxygens (including phenoxy) is 1. The SMILES string of the molecule is COC(=O)c1cc(S(N)(=O)=O)ccc1NCc1ccccc1F. The summed E-state index contributed by atoms with van der Waals surface area (Å²) in [6.45, 7) is 0.116. The number of rotatable bonds is 5. The van der Waals surface area contributed by atoms with E-state index in [4.69, 9.17) is 5.14 Å². The third kappa shape index (κ3) is 4.05. The second kappa shape index (κ2) is 6.76. The van der Waals surface area contributed by atoms with Gasteiger partial charge in [0.2, 0.25) is 10.0 Å². The van der Waals surface area contributed by atoms with E-state index in [9.17, 15) is 17.6 Å². The highest BCUT2D eigenvalue weighted by atomic mass is 32.2. The third-order valence-electron chi connectivity index (χ3n) is 3.15. The first-order chi connectivity index (χ1) is 10.8. The minimum atomic E-state index is -3.95. The minimum Gasteiger partial charge on any atom is -0.465 e. The first-order valence-electron chi connectivity index (χ1n) is 6.55. The number of sulfonamides is 1. The number of esters is 1. The second-order valence-electron chi connectivity index (χ2n) is 4.69. The van der Waals surface area contributed by atoms with Crippen molar-refractivity contribution in [2.45, 2.75) is 11.4 Å². The molecule has 0 saturated carbocycles. The van der Waals surface area contributed by atoms with Crippen molar-refractivity contribution in [3.05, 3.63) is 59.4 Å². The Kier molecular flexibility index (Phi) is 4.97. The predicted octanol–water partition coefficient (Wildman–Crippen LogP) is 1.87. The van der Waals surface area contributed by atoms with Crippen LogP contribution in [0.25, 0.3) is 0 Å². The van der Waals surface area contributed by atoms with Gasteiger partial charge in [-0.15, -0.1) is 0 Å². The van der Waals surface area contributed by atoms with Gasteiger partial charge in [-0.25, -0.2) is 22.7 Å². The Labute approximate surface area is 133 Å². The van der Waals surface area contributed by atoms with E-state index in [1.54, 1.807) is 18.2 Å². The first-order valence-corrected chi connectivity index (χ1v) is 8.10. The number of hydrogen-bond donors (Lipinski definition) is 2. The molecule has 0 saturated heterocycles. The number of hydrogen-bond acceptors (Lipinski definition) is 5. The van der Waals surface area contributed by atoms with Crippen LogP contribution in [0.4, 0.5) is 10.1 Å². The highest BCUT2D eigenvalue weighted by Crippen LogP contribution is 2.22. The van der Waals surface area contributed by atoms with Crippen molar-refractivity contribution < 1.29 is 22.3 Å². The lowest BCUT2D eigenvalue weighted by atomic mass is 10.1. The Hall–Kier alpha value is -2.45. The van der Waals surface area contributed by atoms with Crippen molar-refractivity contribution in [3.63, 3.8) is 0 Å². The van der Waals surface area contributed by atoms with Crippen LogP contribution < -0.4 is 10.5 Å². The molecule has 2 rings (SSSR count). The Balaban J connectivity index is 2.34. The highest BCUT2D eigenvalue weighted by Gasteiger charge is 2.17. The van der Waals surface area contributed by atoms with Gasteiger partial charge >= 0.3 is 5.97 Å². The molecular weight excluding hydrogens is 323 g/mol. The molecule has 0 spiro atoms. The maximum atomic E-state index is 13.6. The number of anilines is 1. The van der Waals surface area contributed by atoms with E-state index >= 15 is 0 Å². The topological polar surface area (TPSA) is 98.5 Å². The molecule has 0 aliphatic rings. The quantitative estimate of drug-likeness (QED) is 0.811. The van der Waals surface area contributed by atoms with Gasteiger partial charge in [-0.05, 0) is 24.3 Å². The standard InChI is InChI=1S/C15H15FN2O4S/c1-22-15(19)12-8-11(23(17,20)21)6-7-14(12)18-9-10-4-2-3-5-13(10)16/h2-8,18H,9H2,1H3,(H2,17,20,21). The summed E-state index contributed by atoms with van der Waals surface area (Å²) >= 11 is 0. The Morgan fingerprint density at radius 1 is 1.26 bits per heavy atom. The van der Waals surface area contributed by atoms with Crippen LogP contribution in [-0.2, 0) is 21.3 Å². The van der Waals surface area contributed by atoms with E-state index in [0.29, 0.717) is 11.3 Å². The van der Waals surface area contributed by atoms with Gasteiger partial charge in [-0.1, -0.05) is 18.2 Å². The van der Waals surface area contributed by atoms with Gasteiger partial charge < -0.3 is 10.1 Å².